The van der Waals surface area contributed by atoms with Gasteiger partial charge in [0.2, 0.25) is 5.91 Å². The summed E-state index contributed by atoms with van der Waals surface area (Å²) < 4.78 is 0. The van der Waals surface area contributed by atoms with Gasteiger partial charge in [-0.2, -0.15) is 0 Å². The zero-order valence-electron chi connectivity index (χ0n) is 14.0. The quantitative estimate of drug-likeness (QED) is 0.783. The maximum atomic E-state index is 12.8. The standard InChI is InChI=1S/C18H21N5OS/c24-18(13-25-16-3-5-19-6-4-16)23-11-14-1-2-15(23)12-22(10-14)17-9-20-7-8-21-17/h3-9,14-15H,1-2,10-13H2/t14-,15+/m0/s1. The molecule has 0 N–H and O–H groups in total. The molecule has 0 aromatic carbocycles. The Kier molecular flexibility index (Phi) is 4.83. The van der Waals surface area contributed by atoms with E-state index >= 15 is 0 Å². The van der Waals surface area contributed by atoms with Gasteiger partial charge >= 0.3 is 0 Å². The van der Waals surface area contributed by atoms with E-state index in [9.17, 15) is 4.79 Å². The third-order valence-electron chi connectivity index (χ3n) is 4.92. The first-order chi connectivity index (χ1) is 12.3. The SMILES string of the molecule is O=C(CSc1ccncc1)N1C[C@H]2CC[C@@H]1CN(c1cnccn1)C2. The molecule has 5 heterocycles. The summed E-state index contributed by atoms with van der Waals surface area (Å²) in [5.74, 6) is 2.14. The number of thioether (sulfide) groups is 1. The molecule has 3 fully saturated rings. The smallest absolute Gasteiger partial charge is 0.233 e. The first kappa shape index (κ1) is 16.3. The van der Waals surface area contributed by atoms with Crippen LogP contribution in [0.2, 0.25) is 0 Å². The van der Waals surface area contributed by atoms with Crippen molar-refractivity contribution in [2.75, 3.05) is 30.3 Å². The number of pyridine rings is 1. The van der Waals surface area contributed by atoms with Crippen molar-refractivity contribution in [2.45, 2.75) is 23.8 Å². The van der Waals surface area contributed by atoms with E-state index in [0.29, 0.717) is 11.7 Å². The van der Waals surface area contributed by atoms with Gasteiger partial charge in [-0.1, -0.05) is 0 Å². The van der Waals surface area contributed by atoms with E-state index in [1.165, 1.54) is 6.42 Å². The number of rotatable bonds is 4. The van der Waals surface area contributed by atoms with Crippen molar-refractivity contribution >= 4 is 23.5 Å². The lowest BCUT2D eigenvalue weighted by Crippen LogP contribution is -2.48. The number of hydrogen-bond acceptors (Lipinski definition) is 6. The summed E-state index contributed by atoms with van der Waals surface area (Å²) in [5, 5.41) is 0. The van der Waals surface area contributed by atoms with E-state index in [1.54, 1.807) is 36.5 Å². The maximum Gasteiger partial charge on any atom is 0.233 e. The molecule has 7 heteroatoms. The first-order valence-electron chi connectivity index (χ1n) is 8.63. The van der Waals surface area contributed by atoms with Gasteiger partial charge in [0.25, 0.3) is 0 Å². The second-order valence-electron chi connectivity index (χ2n) is 6.58. The number of carbonyl (C=O) groups excluding carboxylic acids is 1. The molecule has 2 bridgehead atoms. The fourth-order valence-electron chi connectivity index (χ4n) is 3.69. The number of carbonyl (C=O) groups is 1. The molecule has 3 saturated heterocycles. The van der Waals surface area contributed by atoms with Crippen molar-refractivity contribution < 1.29 is 4.79 Å². The molecule has 0 aliphatic carbocycles. The van der Waals surface area contributed by atoms with Crippen LogP contribution in [0.15, 0.2) is 48.0 Å². The number of fused-ring (bicyclic) bond motifs is 4. The number of piperidine rings is 1. The summed E-state index contributed by atoms with van der Waals surface area (Å²) in [7, 11) is 0. The van der Waals surface area contributed by atoms with Gasteiger partial charge in [0.05, 0.1) is 11.9 Å². The third kappa shape index (κ3) is 3.76. The molecule has 5 rings (SSSR count). The minimum Gasteiger partial charge on any atom is -0.353 e. The Labute approximate surface area is 151 Å². The van der Waals surface area contributed by atoms with Crippen LogP contribution in [0.5, 0.6) is 0 Å². The molecule has 2 aromatic heterocycles. The van der Waals surface area contributed by atoms with Crippen LogP contribution in [-0.4, -0.2) is 57.2 Å². The molecule has 0 unspecified atom stereocenters. The van der Waals surface area contributed by atoms with Gasteiger partial charge in [-0.05, 0) is 30.9 Å². The second-order valence-corrected chi connectivity index (χ2v) is 7.63. The average molecular weight is 355 g/mol. The van der Waals surface area contributed by atoms with Gasteiger partial charge in [-0.15, -0.1) is 11.8 Å². The van der Waals surface area contributed by atoms with Crippen LogP contribution < -0.4 is 4.90 Å². The topological polar surface area (TPSA) is 62.2 Å². The number of aromatic nitrogens is 3. The van der Waals surface area contributed by atoms with Crippen LogP contribution in [0.1, 0.15) is 12.8 Å². The van der Waals surface area contributed by atoms with Crippen molar-refractivity contribution in [2.24, 2.45) is 5.92 Å². The molecule has 2 atom stereocenters. The van der Waals surface area contributed by atoms with Crippen LogP contribution >= 0.6 is 11.8 Å². The summed E-state index contributed by atoms with van der Waals surface area (Å²) >= 11 is 1.59. The fourth-order valence-corrected chi connectivity index (χ4v) is 4.46. The molecule has 1 amide bonds. The average Bonchev–Trinajstić information content (AvgIpc) is 3.00. The summed E-state index contributed by atoms with van der Waals surface area (Å²) in [6, 6.07) is 4.16. The Morgan fingerprint density at radius 3 is 2.76 bits per heavy atom. The number of hydrogen-bond donors (Lipinski definition) is 0. The third-order valence-corrected chi connectivity index (χ3v) is 5.92. The molecule has 130 valence electrons. The van der Waals surface area contributed by atoms with E-state index in [4.69, 9.17) is 0 Å². The number of amides is 1. The molecule has 3 aliphatic heterocycles. The van der Waals surface area contributed by atoms with Crippen molar-refractivity contribution in [3.05, 3.63) is 43.1 Å². The normalized spacial score (nSPS) is 22.7. The fraction of sp³-hybridized carbons (Fsp3) is 0.444. The largest absolute Gasteiger partial charge is 0.353 e. The molecular formula is C18H21N5OS. The zero-order chi connectivity index (χ0) is 17.1. The van der Waals surface area contributed by atoms with E-state index in [2.05, 4.69) is 24.8 Å². The van der Waals surface area contributed by atoms with Crippen LogP contribution in [-0.2, 0) is 4.79 Å². The Morgan fingerprint density at radius 2 is 1.96 bits per heavy atom. The van der Waals surface area contributed by atoms with Crippen LogP contribution in [0, 0.1) is 5.92 Å². The number of anilines is 1. The van der Waals surface area contributed by atoms with Crippen molar-refractivity contribution in [1.82, 2.24) is 19.9 Å². The predicted octanol–water partition coefficient (Wildman–Crippen LogP) is 2.09. The molecule has 6 nitrogen and oxygen atoms in total. The highest BCUT2D eigenvalue weighted by Crippen LogP contribution is 2.30. The van der Waals surface area contributed by atoms with E-state index in [-0.39, 0.29) is 11.9 Å². The highest BCUT2D eigenvalue weighted by atomic mass is 32.2. The lowest BCUT2D eigenvalue weighted by Gasteiger charge is -2.36. The van der Waals surface area contributed by atoms with Crippen molar-refractivity contribution in [3.63, 3.8) is 0 Å². The van der Waals surface area contributed by atoms with Crippen LogP contribution in [0.25, 0.3) is 0 Å². The predicted molar refractivity (Wildman–Crippen MR) is 97.4 cm³/mol. The molecule has 0 saturated carbocycles. The summed E-state index contributed by atoms with van der Waals surface area (Å²) in [4.78, 5) is 30.9. The van der Waals surface area contributed by atoms with Gasteiger partial charge in [0.15, 0.2) is 0 Å². The molecule has 0 spiro atoms. The summed E-state index contributed by atoms with van der Waals surface area (Å²) in [5.41, 5.74) is 0. The number of nitrogens with zero attached hydrogens (tertiary/aromatic N) is 5. The van der Waals surface area contributed by atoms with Crippen molar-refractivity contribution in [1.29, 1.82) is 0 Å². The summed E-state index contributed by atoms with van der Waals surface area (Å²) in [6.07, 6.45) is 11.0. The zero-order valence-corrected chi connectivity index (χ0v) is 14.8. The Balaban J connectivity index is 1.42. The van der Waals surface area contributed by atoms with Crippen LogP contribution in [0.4, 0.5) is 5.82 Å². The highest BCUT2D eigenvalue weighted by Gasteiger charge is 2.37. The minimum atomic E-state index is 0.234. The Morgan fingerprint density at radius 1 is 1.08 bits per heavy atom. The lowest BCUT2D eigenvalue weighted by atomic mass is 9.95. The van der Waals surface area contributed by atoms with Gasteiger partial charge in [0.1, 0.15) is 5.82 Å². The van der Waals surface area contributed by atoms with E-state index < -0.39 is 0 Å². The van der Waals surface area contributed by atoms with Gasteiger partial charge in [0, 0.05) is 55.4 Å². The van der Waals surface area contributed by atoms with E-state index in [1.807, 2.05) is 18.3 Å². The lowest BCUT2D eigenvalue weighted by molar-refractivity contribution is -0.132. The maximum absolute atomic E-state index is 12.8. The molecule has 25 heavy (non-hydrogen) atoms. The minimum absolute atomic E-state index is 0.234. The highest BCUT2D eigenvalue weighted by molar-refractivity contribution is 8.00. The molecular weight excluding hydrogens is 334 g/mol. The van der Waals surface area contributed by atoms with Crippen molar-refractivity contribution in [3.8, 4) is 0 Å². The molecule has 3 aliphatic rings. The van der Waals surface area contributed by atoms with E-state index in [0.717, 1.165) is 36.8 Å². The summed E-state index contributed by atoms with van der Waals surface area (Å²) in [6.45, 7) is 2.66. The molecule has 0 radical (unpaired) electrons. The van der Waals surface area contributed by atoms with Gasteiger partial charge < -0.3 is 9.80 Å². The van der Waals surface area contributed by atoms with Gasteiger partial charge in [-0.3, -0.25) is 14.8 Å². The second kappa shape index (κ2) is 7.39. The Bertz CT molecular complexity index is 714. The van der Waals surface area contributed by atoms with Gasteiger partial charge in [-0.25, -0.2) is 4.98 Å². The van der Waals surface area contributed by atoms with Crippen LogP contribution in [0.3, 0.4) is 0 Å². The molecule has 2 aromatic rings. The monoisotopic (exact) mass is 355 g/mol. The first-order valence-corrected chi connectivity index (χ1v) is 9.61. The Hall–Kier alpha value is -2.15.